The second-order valence-corrected chi connectivity index (χ2v) is 8.81. The van der Waals surface area contributed by atoms with E-state index in [2.05, 4.69) is 15.6 Å². The molecule has 3 heterocycles. The van der Waals surface area contributed by atoms with Gasteiger partial charge in [-0.25, -0.2) is 9.78 Å². The third kappa shape index (κ3) is 3.91. The van der Waals surface area contributed by atoms with Gasteiger partial charge in [0.1, 0.15) is 0 Å². The molecule has 0 spiro atoms. The van der Waals surface area contributed by atoms with Gasteiger partial charge in [-0.3, -0.25) is 10.1 Å². The standard InChI is InChI=1S/C18H22N4O2S2/c23-16(14-7-4-10-25-14)21-17-20-13-8-9-22(11-15(13)26-17)18(24)19-12-5-2-1-3-6-12/h4,7,10,12H,1-3,5-6,8-9,11H2,(H,19,24)(H,20,21,23). The number of urea groups is 1. The molecular formula is C18H22N4O2S2. The number of carbonyl (C=O) groups excluding carboxylic acids is 2. The maximum absolute atomic E-state index is 12.5. The predicted molar refractivity (Wildman–Crippen MR) is 104 cm³/mol. The summed E-state index contributed by atoms with van der Waals surface area (Å²) in [5.41, 5.74) is 0.998. The average Bonchev–Trinajstić information content (AvgIpc) is 3.31. The third-order valence-corrected chi connectivity index (χ3v) is 6.78. The van der Waals surface area contributed by atoms with Crippen LogP contribution in [0, 0.1) is 0 Å². The van der Waals surface area contributed by atoms with Crippen LogP contribution in [0.1, 0.15) is 52.3 Å². The largest absolute Gasteiger partial charge is 0.335 e. The van der Waals surface area contributed by atoms with Gasteiger partial charge in [-0.15, -0.1) is 11.3 Å². The third-order valence-electron chi connectivity index (χ3n) is 4.92. The zero-order chi connectivity index (χ0) is 17.9. The number of nitrogens with zero attached hydrogens (tertiary/aromatic N) is 2. The highest BCUT2D eigenvalue weighted by Crippen LogP contribution is 2.29. The van der Waals surface area contributed by atoms with Gasteiger partial charge in [0, 0.05) is 23.9 Å². The number of nitrogens with one attached hydrogen (secondary N) is 2. The smallest absolute Gasteiger partial charge is 0.317 e. The maximum Gasteiger partial charge on any atom is 0.317 e. The van der Waals surface area contributed by atoms with E-state index >= 15 is 0 Å². The summed E-state index contributed by atoms with van der Waals surface area (Å²) in [7, 11) is 0. The van der Waals surface area contributed by atoms with Crippen LogP contribution in [0.25, 0.3) is 0 Å². The van der Waals surface area contributed by atoms with E-state index in [0.717, 1.165) is 29.8 Å². The fourth-order valence-electron chi connectivity index (χ4n) is 3.50. The second kappa shape index (κ2) is 7.75. The van der Waals surface area contributed by atoms with Crippen LogP contribution in [0.15, 0.2) is 17.5 Å². The van der Waals surface area contributed by atoms with Crippen LogP contribution >= 0.6 is 22.7 Å². The van der Waals surface area contributed by atoms with E-state index in [-0.39, 0.29) is 11.9 Å². The van der Waals surface area contributed by atoms with E-state index in [1.807, 2.05) is 16.3 Å². The number of hydrogen-bond acceptors (Lipinski definition) is 5. The number of rotatable bonds is 3. The van der Waals surface area contributed by atoms with E-state index in [0.29, 0.717) is 29.1 Å². The summed E-state index contributed by atoms with van der Waals surface area (Å²) >= 11 is 2.88. The summed E-state index contributed by atoms with van der Waals surface area (Å²) in [5.74, 6) is -0.127. The first kappa shape index (κ1) is 17.5. The van der Waals surface area contributed by atoms with Gasteiger partial charge in [0.05, 0.1) is 17.1 Å². The molecule has 0 atom stereocenters. The van der Waals surface area contributed by atoms with Gasteiger partial charge in [-0.2, -0.15) is 0 Å². The summed E-state index contributed by atoms with van der Waals surface area (Å²) in [6.45, 7) is 1.24. The number of thiophene rings is 1. The Balaban J connectivity index is 1.37. The lowest BCUT2D eigenvalue weighted by Gasteiger charge is -2.30. The van der Waals surface area contributed by atoms with Crippen LogP contribution in [0.4, 0.5) is 9.93 Å². The molecule has 1 aliphatic heterocycles. The molecule has 0 aromatic carbocycles. The van der Waals surface area contributed by atoms with Crippen molar-refractivity contribution in [2.75, 3.05) is 11.9 Å². The van der Waals surface area contributed by atoms with Crippen molar-refractivity contribution in [2.45, 2.75) is 51.1 Å². The fraction of sp³-hybridized carbons (Fsp3) is 0.500. The molecule has 1 aliphatic carbocycles. The lowest BCUT2D eigenvalue weighted by atomic mass is 9.96. The zero-order valence-corrected chi connectivity index (χ0v) is 16.1. The van der Waals surface area contributed by atoms with E-state index in [9.17, 15) is 9.59 Å². The van der Waals surface area contributed by atoms with Crippen LogP contribution in [0.3, 0.4) is 0 Å². The highest BCUT2D eigenvalue weighted by atomic mass is 32.1. The van der Waals surface area contributed by atoms with Gasteiger partial charge in [-0.05, 0) is 24.3 Å². The van der Waals surface area contributed by atoms with E-state index in [1.165, 1.54) is 41.9 Å². The van der Waals surface area contributed by atoms with Crippen molar-refractivity contribution in [1.29, 1.82) is 0 Å². The molecule has 1 saturated carbocycles. The van der Waals surface area contributed by atoms with Crippen LogP contribution < -0.4 is 10.6 Å². The topological polar surface area (TPSA) is 74.3 Å². The van der Waals surface area contributed by atoms with Crippen molar-refractivity contribution >= 4 is 39.7 Å². The Morgan fingerprint density at radius 1 is 1.23 bits per heavy atom. The number of amides is 3. The van der Waals surface area contributed by atoms with Crippen LogP contribution in [0.5, 0.6) is 0 Å². The summed E-state index contributed by atoms with van der Waals surface area (Å²) in [4.78, 5) is 32.9. The second-order valence-electron chi connectivity index (χ2n) is 6.78. The molecule has 0 unspecified atom stereocenters. The molecule has 8 heteroatoms. The molecule has 138 valence electrons. The first-order valence-electron chi connectivity index (χ1n) is 9.08. The molecule has 0 bridgehead atoms. The molecule has 6 nitrogen and oxygen atoms in total. The Kier molecular flexibility index (Phi) is 5.21. The predicted octanol–water partition coefficient (Wildman–Crippen LogP) is 3.86. The minimum Gasteiger partial charge on any atom is -0.335 e. The van der Waals surface area contributed by atoms with Crippen molar-refractivity contribution in [3.63, 3.8) is 0 Å². The van der Waals surface area contributed by atoms with E-state index in [4.69, 9.17) is 0 Å². The summed E-state index contributed by atoms with van der Waals surface area (Å²) in [5, 5.41) is 8.54. The summed E-state index contributed by atoms with van der Waals surface area (Å²) in [6, 6.07) is 4.00. The Hall–Kier alpha value is -1.93. The number of aromatic nitrogens is 1. The van der Waals surface area contributed by atoms with Gasteiger partial charge in [0.25, 0.3) is 5.91 Å². The number of anilines is 1. The van der Waals surface area contributed by atoms with Crippen molar-refractivity contribution in [3.05, 3.63) is 33.0 Å². The number of fused-ring (bicyclic) bond motifs is 1. The lowest BCUT2D eigenvalue weighted by Crippen LogP contribution is -2.47. The number of hydrogen-bond donors (Lipinski definition) is 2. The maximum atomic E-state index is 12.5. The summed E-state index contributed by atoms with van der Waals surface area (Å²) < 4.78 is 0. The Labute approximate surface area is 160 Å². The molecule has 3 amide bonds. The number of thiazole rings is 1. The van der Waals surface area contributed by atoms with Crippen LogP contribution in [-0.4, -0.2) is 34.4 Å². The van der Waals surface area contributed by atoms with Gasteiger partial charge in [-0.1, -0.05) is 36.7 Å². The minimum atomic E-state index is -0.127. The van der Waals surface area contributed by atoms with Crippen molar-refractivity contribution < 1.29 is 9.59 Å². The quantitative estimate of drug-likeness (QED) is 0.836. The van der Waals surface area contributed by atoms with Gasteiger partial charge in [0.15, 0.2) is 5.13 Å². The van der Waals surface area contributed by atoms with E-state index < -0.39 is 0 Å². The highest BCUT2D eigenvalue weighted by molar-refractivity contribution is 7.16. The molecule has 2 aromatic heterocycles. The van der Waals surface area contributed by atoms with Gasteiger partial charge >= 0.3 is 6.03 Å². The monoisotopic (exact) mass is 390 g/mol. The Morgan fingerprint density at radius 3 is 2.85 bits per heavy atom. The molecule has 0 radical (unpaired) electrons. The van der Waals surface area contributed by atoms with Crippen LogP contribution in [0.2, 0.25) is 0 Å². The molecule has 2 aliphatic rings. The van der Waals surface area contributed by atoms with E-state index in [1.54, 1.807) is 6.07 Å². The SMILES string of the molecule is O=C(Nc1nc2c(s1)CN(C(=O)NC1CCCCC1)CC2)c1cccs1. The van der Waals surface area contributed by atoms with Crippen molar-refractivity contribution in [2.24, 2.45) is 0 Å². The lowest BCUT2D eigenvalue weighted by molar-refractivity contribution is 0.103. The first-order chi connectivity index (χ1) is 12.7. The Bertz CT molecular complexity index is 781. The normalized spacial score (nSPS) is 17.6. The molecular weight excluding hydrogens is 368 g/mol. The number of carbonyl (C=O) groups is 2. The molecule has 2 aromatic rings. The minimum absolute atomic E-state index is 0.0279. The summed E-state index contributed by atoms with van der Waals surface area (Å²) in [6.07, 6.45) is 6.60. The van der Waals surface area contributed by atoms with Gasteiger partial charge < -0.3 is 10.2 Å². The van der Waals surface area contributed by atoms with Crippen molar-refractivity contribution in [3.8, 4) is 0 Å². The fourth-order valence-corrected chi connectivity index (χ4v) is 5.14. The Morgan fingerprint density at radius 2 is 2.08 bits per heavy atom. The zero-order valence-electron chi connectivity index (χ0n) is 14.5. The molecule has 4 rings (SSSR count). The molecule has 2 N–H and O–H groups in total. The van der Waals surface area contributed by atoms with Gasteiger partial charge in [0.2, 0.25) is 0 Å². The van der Waals surface area contributed by atoms with Crippen molar-refractivity contribution in [1.82, 2.24) is 15.2 Å². The molecule has 0 saturated heterocycles. The first-order valence-corrected chi connectivity index (χ1v) is 10.8. The molecule has 26 heavy (non-hydrogen) atoms. The molecule has 1 fully saturated rings. The average molecular weight is 391 g/mol. The highest BCUT2D eigenvalue weighted by Gasteiger charge is 2.26. The van der Waals surface area contributed by atoms with Crippen LogP contribution in [-0.2, 0) is 13.0 Å².